The van der Waals surface area contributed by atoms with E-state index < -0.39 is 5.97 Å². The van der Waals surface area contributed by atoms with Gasteiger partial charge in [0.15, 0.2) is 10.8 Å². The van der Waals surface area contributed by atoms with E-state index in [9.17, 15) is 9.59 Å². The van der Waals surface area contributed by atoms with E-state index in [1.54, 1.807) is 13.0 Å². The van der Waals surface area contributed by atoms with Gasteiger partial charge in [-0.25, -0.2) is 9.78 Å². The van der Waals surface area contributed by atoms with Gasteiger partial charge in [0.2, 0.25) is 0 Å². The van der Waals surface area contributed by atoms with E-state index in [2.05, 4.69) is 16.8 Å². The summed E-state index contributed by atoms with van der Waals surface area (Å²) in [5, 5.41) is 8.82. The SMILES string of the molecule is CC(=O)SCC#Cc1cnc(C(=O)O)c(C)c1. The number of hydrogen-bond donors (Lipinski definition) is 1. The topological polar surface area (TPSA) is 67.3 Å². The van der Waals surface area contributed by atoms with Crippen LogP contribution in [0.5, 0.6) is 0 Å². The van der Waals surface area contributed by atoms with Crippen LogP contribution in [0.25, 0.3) is 0 Å². The summed E-state index contributed by atoms with van der Waals surface area (Å²) in [5.74, 6) is 5.02. The Kier molecular flexibility index (Phi) is 4.73. The molecule has 0 bridgehead atoms. The Morgan fingerprint density at radius 3 is 2.76 bits per heavy atom. The van der Waals surface area contributed by atoms with Crippen LogP contribution >= 0.6 is 11.8 Å². The molecule has 0 saturated heterocycles. The molecule has 1 aromatic rings. The molecule has 0 saturated carbocycles. The second kappa shape index (κ2) is 6.06. The highest BCUT2D eigenvalue weighted by Crippen LogP contribution is 2.07. The minimum absolute atomic E-state index is 0.0230. The first-order valence-electron chi connectivity index (χ1n) is 4.83. The molecule has 0 radical (unpaired) electrons. The van der Waals surface area contributed by atoms with E-state index in [0.717, 1.165) is 11.8 Å². The van der Waals surface area contributed by atoms with Gasteiger partial charge in [-0.2, -0.15) is 0 Å². The number of carbonyl (C=O) groups excluding carboxylic acids is 1. The van der Waals surface area contributed by atoms with Crippen LogP contribution in [-0.4, -0.2) is 26.9 Å². The lowest BCUT2D eigenvalue weighted by atomic mass is 10.1. The first-order chi connectivity index (χ1) is 8.00. The van der Waals surface area contributed by atoms with Gasteiger partial charge in [0.05, 0.1) is 5.75 Å². The van der Waals surface area contributed by atoms with Gasteiger partial charge in [0.1, 0.15) is 0 Å². The molecule has 0 unspecified atom stereocenters. The number of aromatic nitrogens is 1. The highest BCUT2D eigenvalue weighted by Gasteiger charge is 2.07. The first kappa shape index (κ1) is 13.3. The number of carboxylic acid groups (broad SMARTS) is 1. The summed E-state index contributed by atoms with van der Waals surface area (Å²) in [5.41, 5.74) is 1.26. The predicted octanol–water partition coefficient (Wildman–Crippen LogP) is 1.72. The summed E-state index contributed by atoms with van der Waals surface area (Å²) < 4.78 is 0. The molecule has 0 fully saturated rings. The zero-order valence-electron chi connectivity index (χ0n) is 9.48. The molecular formula is C12H11NO3S. The Bertz CT molecular complexity index is 514. The van der Waals surface area contributed by atoms with E-state index in [1.165, 1.54) is 13.1 Å². The van der Waals surface area contributed by atoms with Crippen molar-refractivity contribution in [3.8, 4) is 11.8 Å². The molecule has 1 rings (SSSR count). The Morgan fingerprint density at radius 1 is 1.53 bits per heavy atom. The van der Waals surface area contributed by atoms with Gasteiger partial charge in [-0.05, 0) is 18.6 Å². The van der Waals surface area contributed by atoms with Crippen LogP contribution in [0.4, 0.5) is 0 Å². The smallest absolute Gasteiger partial charge is 0.354 e. The van der Waals surface area contributed by atoms with Crippen molar-refractivity contribution in [1.29, 1.82) is 0 Å². The first-order valence-corrected chi connectivity index (χ1v) is 5.81. The molecule has 88 valence electrons. The Hall–Kier alpha value is -1.80. The molecule has 0 aromatic carbocycles. The van der Waals surface area contributed by atoms with Crippen molar-refractivity contribution in [3.63, 3.8) is 0 Å². The summed E-state index contributed by atoms with van der Waals surface area (Å²) >= 11 is 1.14. The number of thioether (sulfide) groups is 1. The number of aromatic carboxylic acids is 1. The van der Waals surface area contributed by atoms with Crippen molar-refractivity contribution in [2.75, 3.05) is 5.75 Å². The van der Waals surface area contributed by atoms with Crippen LogP contribution < -0.4 is 0 Å². The molecule has 1 N–H and O–H groups in total. The molecule has 0 amide bonds. The molecular weight excluding hydrogens is 238 g/mol. The highest BCUT2D eigenvalue weighted by molar-refractivity contribution is 8.13. The lowest BCUT2D eigenvalue weighted by molar-refractivity contribution is -0.109. The third-order valence-electron chi connectivity index (χ3n) is 1.86. The Balaban J connectivity index is 2.77. The molecule has 1 aromatic heterocycles. The number of carboxylic acids is 1. The van der Waals surface area contributed by atoms with E-state index in [1.807, 2.05) is 0 Å². The van der Waals surface area contributed by atoms with Gasteiger partial charge in [-0.1, -0.05) is 23.6 Å². The number of nitrogens with zero attached hydrogens (tertiary/aromatic N) is 1. The maximum Gasteiger partial charge on any atom is 0.354 e. The van der Waals surface area contributed by atoms with Gasteiger partial charge in [-0.3, -0.25) is 4.79 Å². The molecule has 4 nitrogen and oxygen atoms in total. The van der Waals surface area contributed by atoms with Crippen LogP contribution in [0.2, 0.25) is 0 Å². The average Bonchev–Trinajstić information content (AvgIpc) is 2.23. The second-order valence-electron chi connectivity index (χ2n) is 3.28. The van der Waals surface area contributed by atoms with Gasteiger partial charge in [0, 0.05) is 18.7 Å². The molecule has 0 aliphatic rings. The summed E-state index contributed by atoms with van der Waals surface area (Å²) in [6.45, 7) is 3.16. The number of carbonyl (C=O) groups is 2. The number of hydrogen-bond acceptors (Lipinski definition) is 4. The van der Waals surface area contributed by atoms with Gasteiger partial charge in [-0.15, -0.1) is 0 Å². The molecule has 17 heavy (non-hydrogen) atoms. The zero-order valence-corrected chi connectivity index (χ0v) is 10.3. The lowest BCUT2D eigenvalue weighted by Crippen LogP contribution is -2.03. The lowest BCUT2D eigenvalue weighted by Gasteiger charge is -1.99. The van der Waals surface area contributed by atoms with Crippen molar-refractivity contribution >= 4 is 22.8 Å². The minimum atomic E-state index is -1.05. The second-order valence-corrected chi connectivity index (χ2v) is 4.43. The molecule has 0 spiro atoms. The summed E-state index contributed by atoms with van der Waals surface area (Å²) in [7, 11) is 0. The zero-order chi connectivity index (χ0) is 12.8. The molecule has 0 aliphatic carbocycles. The van der Waals surface area contributed by atoms with Gasteiger partial charge < -0.3 is 5.11 Å². The summed E-state index contributed by atoms with van der Waals surface area (Å²) in [4.78, 5) is 25.2. The average molecular weight is 249 g/mol. The van der Waals surface area contributed by atoms with Crippen LogP contribution in [0.1, 0.15) is 28.5 Å². The standard InChI is InChI=1S/C12H11NO3S/c1-8-6-10(4-3-5-17-9(2)14)7-13-11(8)12(15)16/h6-7H,5H2,1-2H3,(H,15,16). The van der Waals surface area contributed by atoms with Crippen molar-refractivity contribution in [1.82, 2.24) is 4.98 Å². The minimum Gasteiger partial charge on any atom is -0.477 e. The highest BCUT2D eigenvalue weighted by atomic mass is 32.2. The van der Waals surface area contributed by atoms with Crippen LogP contribution in [0.3, 0.4) is 0 Å². The fraction of sp³-hybridized carbons (Fsp3) is 0.250. The molecule has 5 heteroatoms. The fourth-order valence-corrected chi connectivity index (χ4v) is 1.49. The third kappa shape index (κ3) is 4.29. The maximum absolute atomic E-state index is 10.7. The molecule has 0 atom stereocenters. The third-order valence-corrected chi connectivity index (χ3v) is 2.56. The fourth-order valence-electron chi connectivity index (χ4n) is 1.14. The van der Waals surface area contributed by atoms with E-state index >= 15 is 0 Å². The molecule has 1 heterocycles. The van der Waals surface area contributed by atoms with E-state index in [-0.39, 0.29) is 10.8 Å². The van der Waals surface area contributed by atoms with Crippen molar-refractivity contribution in [2.45, 2.75) is 13.8 Å². The van der Waals surface area contributed by atoms with E-state index in [4.69, 9.17) is 5.11 Å². The van der Waals surface area contributed by atoms with Gasteiger partial charge >= 0.3 is 5.97 Å². The number of rotatable bonds is 2. The Labute approximate surface area is 103 Å². The largest absolute Gasteiger partial charge is 0.477 e. The van der Waals surface area contributed by atoms with Crippen molar-refractivity contribution < 1.29 is 14.7 Å². The summed E-state index contributed by atoms with van der Waals surface area (Å²) in [6, 6.07) is 1.67. The van der Waals surface area contributed by atoms with Crippen LogP contribution in [-0.2, 0) is 4.79 Å². The van der Waals surface area contributed by atoms with Crippen LogP contribution in [0.15, 0.2) is 12.3 Å². The quantitative estimate of drug-likeness (QED) is 0.808. The van der Waals surface area contributed by atoms with Crippen molar-refractivity contribution in [3.05, 3.63) is 29.1 Å². The Morgan fingerprint density at radius 2 is 2.24 bits per heavy atom. The monoisotopic (exact) mass is 249 g/mol. The van der Waals surface area contributed by atoms with Gasteiger partial charge in [0.25, 0.3) is 0 Å². The van der Waals surface area contributed by atoms with Crippen LogP contribution in [0, 0.1) is 18.8 Å². The van der Waals surface area contributed by atoms with Crippen molar-refractivity contribution in [2.24, 2.45) is 0 Å². The summed E-state index contributed by atoms with van der Waals surface area (Å²) in [6.07, 6.45) is 1.42. The number of pyridine rings is 1. The van der Waals surface area contributed by atoms with E-state index in [0.29, 0.717) is 16.9 Å². The number of aryl methyl sites for hydroxylation is 1. The normalized spacial score (nSPS) is 9.29. The maximum atomic E-state index is 10.7. The molecule has 0 aliphatic heterocycles. The predicted molar refractivity (Wildman–Crippen MR) is 66.0 cm³/mol.